The lowest BCUT2D eigenvalue weighted by molar-refractivity contribution is 0.602. The average molecular weight is 655 g/mol. The minimum atomic E-state index is 0.0497. The van der Waals surface area contributed by atoms with Crippen molar-refractivity contribution in [3.05, 3.63) is 106 Å². The van der Waals surface area contributed by atoms with E-state index in [-0.39, 0.29) is 11.4 Å². The number of aromatic nitrogens is 4. The molecule has 0 spiro atoms. The van der Waals surface area contributed by atoms with Gasteiger partial charge in [-0.05, 0) is 72.5 Å². The summed E-state index contributed by atoms with van der Waals surface area (Å²) >= 11 is 0. The minimum absolute atomic E-state index is 0.0497. The maximum absolute atomic E-state index is 9.38. The fourth-order valence-corrected chi connectivity index (χ4v) is 6.86. The quantitative estimate of drug-likeness (QED) is 0.0704. The molecule has 246 valence electrons. The van der Waals surface area contributed by atoms with Gasteiger partial charge in [0.15, 0.2) is 0 Å². The summed E-state index contributed by atoms with van der Waals surface area (Å²) in [5.41, 5.74) is 7.50. The van der Waals surface area contributed by atoms with E-state index in [0.717, 1.165) is 105 Å². The van der Waals surface area contributed by atoms with Gasteiger partial charge in [0.25, 0.3) is 11.4 Å². The molecule has 0 saturated carbocycles. The van der Waals surface area contributed by atoms with Crippen LogP contribution >= 0.6 is 0 Å². The third-order valence-electron chi connectivity index (χ3n) is 9.36. The van der Waals surface area contributed by atoms with E-state index in [0.29, 0.717) is 0 Å². The Kier molecular flexibility index (Phi) is 10.3. The topological polar surface area (TPSA) is 91.9 Å². The van der Waals surface area contributed by atoms with Crippen molar-refractivity contribution < 1.29 is 0 Å². The Balaban J connectivity index is 1.51. The van der Waals surface area contributed by atoms with E-state index in [9.17, 15) is 10.5 Å². The number of hydrogen-bond acceptors (Lipinski definition) is 4. The molecule has 4 aromatic heterocycles. The van der Waals surface area contributed by atoms with Gasteiger partial charge in [0, 0.05) is 45.7 Å². The van der Waals surface area contributed by atoms with Crippen LogP contribution in [0.15, 0.2) is 72.3 Å². The summed E-state index contributed by atoms with van der Waals surface area (Å²) in [6, 6.07) is 20.4. The van der Waals surface area contributed by atoms with E-state index >= 15 is 0 Å². The first-order valence-corrected chi connectivity index (χ1v) is 17.4. The minimum Gasteiger partial charge on any atom is -0.339 e. The molecule has 0 N–H and O–H groups in total. The van der Waals surface area contributed by atoms with Crippen molar-refractivity contribution in [2.75, 3.05) is 0 Å². The molecule has 0 amide bonds. The predicted octanol–water partition coefficient (Wildman–Crippen LogP) is 11.1. The first-order valence-electron chi connectivity index (χ1n) is 17.4. The van der Waals surface area contributed by atoms with Crippen molar-refractivity contribution in [2.24, 2.45) is 0 Å². The molecular weight excluding hydrogens is 617 g/mol. The highest BCUT2D eigenvalue weighted by atomic mass is 15.0. The zero-order valence-corrected chi connectivity index (χ0v) is 28.6. The number of aryl methyl sites for hydroxylation is 2. The van der Waals surface area contributed by atoms with Crippen LogP contribution in [-0.4, -0.2) is 19.1 Å². The van der Waals surface area contributed by atoms with Crippen LogP contribution in [0.25, 0.3) is 76.8 Å². The largest absolute Gasteiger partial charge is 0.339 e. The Morgan fingerprint density at radius 1 is 0.620 bits per heavy atom. The van der Waals surface area contributed by atoms with Crippen molar-refractivity contribution >= 4 is 55.8 Å². The van der Waals surface area contributed by atoms with Gasteiger partial charge in [-0.15, -0.1) is 0 Å². The second kappa shape index (κ2) is 15.3. The normalized spacial score (nSPS) is 12.0. The highest BCUT2D eigenvalue weighted by molar-refractivity contribution is 6.11. The second-order valence-corrected chi connectivity index (χ2v) is 12.7. The Bertz CT molecular complexity index is 2260. The molecule has 4 heterocycles. The predicted molar refractivity (Wildman–Crippen MR) is 202 cm³/mol. The highest BCUT2D eigenvalue weighted by Gasteiger charge is 2.17. The fourth-order valence-electron chi connectivity index (χ4n) is 6.86. The molecule has 8 nitrogen and oxygen atoms in total. The van der Waals surface area contributed by atoms with Gasteiger partial charge in [-0.1, -0.05) is 64.5 Å². The Labute approximate surface area is 292 Å². The summed E-state index contributed by atoms with van der Waals surface area (Å²) in [7, 11) is 0. The summed E-state index contributed by atoms with van der Waals surface area (Å²) in [4.78, 5) is 16.6. The molecule has 0 aliphatic heterocycles. The van der Waals surface area contributed by atoms with E-state index in [2.05, 4.69) is 69.1 Å². The van der Waals surface area contributed by atoms with Crippen molar-refractivity contribution in [3.63, 3.8) is 0 Å². The summed E-state index contributed by atoms with van der Waals surface area (Å²) in [5.74, 6) is 0. The molecule has 8 heteroatoms. The van der Waals surface area contributed by atoms with Crippen LogP contribution in [0.4, 0.5) is 0 Å². The Morgan fingerprint density at radius 3 is 1.42 bits per heavy atom. The van der Waals surface area contributed by atoms with Gasteiger partial charge in [-0.2, -0.15) is 0 Å². The lowest BCUT2D eigenvalue weighted by Crippen LogP contribution is -1.99. The van der Waals surface area contributed by atoms with Gasteiger partial charge in [0.1, 0.15) is 0 Å². The number of allylic oxidation sites excluding steroid dienone is 2. The van der Waals surface area contributed by atoms with Crippen LogP contribution in [0, 0.1) is 35.8 Å². The van der Waals surface area contributed by atoms with Crippen LogP contribution in [-0.2, 0) is 13.1 Å². The van der Waals surface area contributed by atoms with Crippen molar-refractivity contribution in [1.82, 2.24) is 19.1 Å². The summed E-state index contributed by atoms with van der Waals surface area (Å²) in [6.07, 6.45) is 16.3. The van der Waals surface area contributed by atoms with Gasteiger partial charge in [-0.3, -0.25) is 9.97 Å². The smallest absolute Gasteiger partial charge is 0.262 e. The number of unbranched alkanes of at least 4 members (excludes halogenated alkanes) is 6. The molecule has 0 unspecified atom stereocenters. The zero-order chi connectivity index (χ0) is 35.0. The molecule has 0 radical (unpaired) electrons. The monoisotopic (exact) mass is 654 g/mol. The molecule has 6 aromatic rings. The third kappa shape index (κ3) is 6.71. The van der Waals surface area contributed by atoms with Crippen LogP contribution in [0.2, 0.25) is 0 Å². The molecule has 0 fully saturated rings. The highest BCUT2D eigenvalue weighted by Crippen LogP contribution is 2.36. The molecule has 6 rings (SSSR count). The lowest BCUT2D eigenvalue weighted by atomic mass is 10.1. The van der Waals surface area contributed by atoms with E-state index in [1.807, 2.05) is 36.7 Å². The standard InChI is InChI=1S/C42H38N8/c1-5-7-9-11-17-49-39-15-13-29(19-31(25-43)45-3)21-33(39)35-23-37(47-27-41(35)49)38-24-36-34-22-30(20-32(26-44)46-4)14-16-40(34)50(42(36)28-48-38)18-12-10-8-6-2/h13-16,19-24,27-28H,5-12,17-18H2,1-2H3/b31-19-,32-20+. The molecule has 0 aliphatic rings. The summed E-state index contributed by atoms with van der Waals surface area (Å²) in [5, 5.41) is 23.0. The average Bonchev–Trinajstić information content (AvgIpc) is 3.63. The second-order valence-electron chi connectivity index (χ2n) is 12.7. The molecule has 0 saturated heterocycles. The van der Waals surface area contributed by atoms with Crippen molar-refractivity contribution in [1.29, 1.82) is 10.5 Å². The maximum atomic E-state index is 9.38. The molecular formula is C42H38N8. The van der Waals surface area contributed by atoms with Gasteiger partial charge >= 0.3 is 0 Å². The number of pyridine rings is 2. The number of nitrogens with zero attached hydrogens (tertiary/aromatic N) is 8. The molecule has 50 heavy (non-hydrogen) atoms. The first kappa shape index (κ1) is 33.7. The van der Waals surface area contributed by atoms with Gasteiger partial charge in [0.05, 0.1) is 60.1 Å². The molecule has 0 bridgehead atoms. The lowest BCUT2D eigenvalue weighted by Gasteiger charge is -2.08. The van der Waals surface area contributed by atoms with Crippen LogP contribution < -0.4 is 0 Å². The molecule has 0 atom stereocenters. The van der Waals surface area contributed by atoms with E-state index < -0.39 is 0 Å². The number of benzene rings is 2. The number of nitriles is 2. The van der Waals surface area contributed by atoms with E-state index in [1.54, 1.807) is 12.2 Å². The van der Waals surface area contributed by atoms with Crippen LogP contribution in [0.3, 0.4) is 0 Å². The molecule has 0 aliphatic carbocycles. The zero-order valence-electron chi connectivity index (χ0n) is 28.6. The van der Waals surface area contributed by atoms with Gasteiger partial charge < -0.3 is 9.13 Å². The van der Waals surface area contributed by atoms with Gasteiger partial charge in [-0.25, -0.2) is 20.2 Å². The SMILES string of the molecule is [C-]#[N+]/C(C#N)=C\c1ccc2c(c1)c1cc(-c3cc4c5cc(/C=C(\C#N)[N+]#[C-])ccc5n(CCCCCC)c4cn3)ncc1n2CCCCCC. The Morgan fingerprint density at radius 2 is 1.04 bits per heavy atom. The van der Waals surface area contributed by atoms with Crippen molar-refractivity contribution in [2.45, 2.75) is 78.3 Å². The van der Waals surface area contributed by atoms with Crippen LogP contribution in [0.5, 0.6) is 0 Å². The third-order valence-corrected chi connectivity index (χ3v) is 9.36. The van der Waals surface area contributed by atoms with E-state index in [1.165, 1.54) is 25.7 Å². The number of hydrogen-bond donors (Lipinski definition) is 0. The van der Waals surface area contributed by atoms with E-state index in [4.69, 9.17) is 23.1 Å². The summed E-state index contributed by atoms with van der Waals surface area (Å²) in [6.45, 7) is 20.9. The van der Waals surface area contributed by atoms with Crippen molar-refractivity contribution in [3.8, 4) is 23.5 Å². The number of fused-ring (bicyclic) bond motifs is 6. The Hall–Kier alpha value is -6.22. The van der Waals surface area contributed by atoms with Gasteiger partial charge in [0.2, 0.25) is 0 Å². The maximum Gasteiger partial charge on any atom is 0.262 e. The fraction of sp³-hybridized carbons (Fsp3) is 0.286. The first-order chi connectivity index (χ1) is 24.5. The molecule has 2 aromatic carbocycles. The number of rotatable bonds is 13. The summed E-state index contributed by atoms with van der Waals surface area (Å²) < 4.78 is 4.67. The van der Waals surface area contributed by atoms with Crippen LogP contribution in [0.1, 0.15) is 76.3 Å².